The number of aromatic amines is 1. The number of carbonyl (C=O) groups is 1. The van der Waals surface area contributed by atoms with Crippen LogP contribution >= 0.6 is 0 Å². The minimum Gasteiger partial charge on any atom is -0.505 e. The molecule has 168 valence electrons. The lowest BCUT2D eigenvalue weighted by molar-refractivity contribution is 0.207. The second kappa shape index (κ2) is 7.06. The molecule has 1 aliphatic heterocycles. The number of hydrogen-bond donors (Lipinski definition) is 3. The first-order chi connectivity index (χ1) is 15.9. The summed E-state index contributed by atoms with van der Waals surface area (Å²) in [6.45, 7) is 2.85. The van der Waals surface area contributed by atoms with Gasteiger partial charge in [-0.1, -0.05) is 13.0 Å². The van der Waals surface area contributed by atoms with Crippen LogP contribution in [0, 0.1) is 5.82 Å². The Hall–Kier alpha value is -3.88. The number of urea groups is 1. The maximum absolute atomic E-state index is 14.1. The van der Waals surface area contributed by atoms with Gasteiger partial charge in [-0.2, -0.15) is 5.10 Å². The Morgan fingerprint density at radius 1 is 1.27 bits per heavy atom. The summed E-state index contributed by atoms with van der Waals surface area (Å²) in [6, 6.07) is 8.65. The van der Waals surface area contributed by atoms with E-state index in [9.17, 15) is 14.3 Å². The molecule has 0 atom stereocenters. The maximum Gasteiger partial charge on any atom is 0.315 e. The van der Waals surface area contributed by atoms with Crippen molar-refractivity contribution >= 4 is 16.9 Å². The van der Waals surface area contributed by atoms with Crippen LogP contribution in [-0.4, -0.2) is 35.8 Å². The number of imidazole rings is 1. The highest BCUT2D eigenvalue weighted by Crippen LogP contribution is 2.43. The van der Waals surface area contributed by atoms with Crippen LogP contribution in [0.2, 0.25) is 0 Å². The van der Waals surface area contributed by atoms with E-state index in [1.54, 1.807) is 4.90 Å². The molecule has 1 aliphatic carbocycles. The third-order valence-electron chi connectivity index (χ3n) is 6.64. The molecule has 3 heterocycles. The molecule has 0 bridgehead atoms. The molecule has 2 aromatic heterocycles. The van der Waals surface area contributed by atoms with Gasteiger partial charge in [-0.25, -0.2) is 14.2 Å². The fourth-order valence-corrected chi connectivity index (χ4v) is 4.80. The van der Waals surface area contributed by atoms with Crippen molar-refractivity contribution in [2.45, 2.75) is 45.3 Å². The quantitative estimate of drug-likeness (QED) is 0.435. The van der Waals surface area contributed by atoms with E-state index in [-0.39, 0.29) is 5.75 Å². The van der Waals surface area contributed by atoms with Crippen LogP contribution in [0.25, 0.3) is 33.5 Å². The molecule has 0 unspecified atom stereocenters. The van der Waals surface area contributed by atoms with E-state index in [0.29, 0.717) is 25.6 Å². The molecule has 1 fully saturated rings. The summed E-state index contributed by atoms with van der Waals surface area (Å²) >= 11 is 0. The third kappa shape index (κ3) is 3.06. The molecule has 2 aliphatic rings. The first-order valence-electron chi connectivity index (χ1n) is 11.1. The molecule has 0 spiro atoms. The second-order valence-electron chi connectivity index (χ2n) is 8.77. The van der Waals surface area contributed by atoms with Gasteiger partial charge in [0.15, 0.2) is 17.4 Å². The number of nitrogens with zero attached hydrogens (tertiary/aromatic N) is 4. The van der Waals surface area contributed by atoms with Crippen LogP contribution in [0.15, 0.2) is 30.3 Å². The number of nitrogens with two attached hydrogens (primary N) is 1. The van der Waals surface area contributed by atoms with Gasteiger partial charge in [0.25, 0.3) is 0 Å². The lowest BCUT2D eigenvalue weighted by Gasteiger charge is -2.14. The molecule has 8 nitrogen and oxygen atoms in total. The van der Waals surface area contributed by atoms with E-state index in [0.717, 1.165) is 63.3 Å². The lowest BCUT2D eigenvalue weighted by atomic mass is 9.96. The van der Waals surface area contributed by atoms with E-state index in [4.69, 9.17) is 10.7 Å². The standard InChI is InChI=1S/C24H23FN6O2/c1-2-12-8-21(32)17(25)9-16(12)13-3-6-15-18(7-13)28-29-22(15)23-27-19-10-30(24(26)33)11-20(19)31(23)14-4-5-14/h3,6-9,14,32H,2,4-5,10-11H2,1H3,(H2,26,33)(H,28,29). The van der Waals surface area contributed by atoms with Crippen molar-refractivity contribution in [3.8, 4) is 28.4 Å². The minimum atomic E-state index is -0.640. The molecular formula is C24H23FN6O2. The largest absolute Gasteiger partial charge is 0.505 e. The number of carbonyl (C=O) groups excluding carboxylic acids is 1. The summed E-state index contributed by atoms with van der Waals surface area (Å²) < 4.78 is 16.3. The average molecular weight is 446 g/mol. The Labute approximate surface area is 188 Å². The number of amides is 2. The average Bonchev–Trinajstić information content (AvgIpc) is 3.25. The number of aryl methyl sites for hydroxylation is 1. The number of aromatic hydroxyl groups is 1. The highest BCUT2D eigenvalue weighted by Gasteiger charge is 2.36. The third-order valence-corrected chi connectivity index (χ3v) is 6.64. The highest BCUT2D eigenvalue weighted by atomic mass is 19.1. The number of benzene rings is 2. The molecule has 4 aromatic rings. The van der Waals surface area contributed by atoms with E-state index >= 15 is 0 Å². The number of rotatable bonds is 4. The Balaban J connectivity index is 1.44. The molecular weight excluding hydrogens is 423 g/mol. The summed E-state index contributed by atoms with van der Waals surface area (Å²) in [5, 5.41) is 18.4. The fourth-order valence-electron chi connectivity index (χ4n) is 4.80. The predicted molar refractivity (Wildman–Crippen MR) is 121 cm³/mol. The number of primary amides is 1. The van der Waals surface area contributed by atoms with Crippen molar-refractivity contribution < 1.29 is 14.3 Å². The summed E-state index contributed by atoms with van der Waals surface area (Å²) in [5.41, 5.74) is 11.4. The number of aromatic nitrogens is 4. The zero-order valence-corrected chi connectivity index (χ0v) is 18.1. The normalized spacial score (nSPS) is 15.4. The summed E-state index contributed by atoms with van der Waals surface area (Å²) in [7, 11) is 0. The van der Waals surface area contributed by atoms with Gasteiger partial charge in [0.2, 0.25) is 0 Å². The molecule has 2 amide bonds. The Morgan fingerprint density at radius 3 is 2.82 bits per heavy atom. The number of halogens is 1. The van der Waals surface area contributed by atoms with Gasteiger partial charge < -0.3 is 20.3 Å². The molecule has 4 N–H and O–H groups in total. The smallest absolute Gasteiger partial charge is 0.315 e. The Kier molecular flexibility index (Phi) is 4.23. The Morgan fingerprint density at radius 2 is 2.09 bits per heavy atom. The molecule has 33 heavy (non-hydrogen) atoms. The van der Waals surface area contributed by atoms with Gasteiger partial charge in [-0.05, 0) is 60.2 Å². The molecule has 0 radical (unpaired) electrons. The van der Waals surface area contributed by atoms with Crippen molar-refractivity contribution in [3.63, 3.8) is 0 Å². The van der Waals surface area contributed by atoms with Crippen LogP contribution in [-0.2, 0) is 19.5 Å². The number of phenols is 1. The van der Waals surface area contributed by atoms with Crippen molar-refractivity contribution in [2.24, 2.45) is 5.73 Å². The van der Waals surface area contributed by atoms with Gasteiger partial charge in [0, 0.05) is 11.4 Å². The van der Waals surface area contributed by atoms with Crippen LogP contribution in [0.5, 0.6) is 5.75 Å². The zero-order chi connectivity index (χ0) is 22.9. The summed E-state index contributed by atoms with van der Waals surface area (Å²) in [5.74, 6) is -0.176. The number of fused-ring (bicyclic) bond motifs is 2. The van der Waals surface area contributed by atoms with Crippen molar-refractivity contribution in [1.82, 2.24) is 24.6 Å². The first-order valence-corrected chi connectivity index (χ1v) is 11.1. The predicted octanol–water partition coefficient (Wildman–Crippen LogP) is 4.23. The number of nitrogens with one attached hydrogen (secondary N) is 1. The van der Waals surface area contributed by atoms with E-state index < -0.39 is 11.8 Å². The molecule has 6 rings (SSSR count). The molecule has 9 heteroatoms. The summed E-state index contributed by atoms with van der Waals surface area (Å²) in [4.78, 5) is 18.1. The summed E-state index contributed by atoms with van der Waals surface area (Å²) in [6.07, 6.45) is 2.82. The van der Waals surface area contributed by atoms with Crippen LogP contribution < -0.4 is 5.73 Å². The SMILES string of the molecule is CCc1cc(O)c(F)cc1-c1ccc2c(-c3nc4c(n3C3CC3)CN(C(N)=O)C4)n[nH]c2c1. The van der Waals surface area contributed by atoms with Gasteiger partial charge in [0.05, 0.1) is 30.0 Å². The minimum absolute atomic E-state index is 0.338. The van der Waals surface area contributed by atoms with E-state index in [2.05, 4.69) is 14.8 Å². The van der Waals surface area contributed by atoms with Crippen LogP contribution in [0.1, 0.15) is 42.8 Å². The molecule has 1 saturated carbocycles. The number of hydrogen-bond acceptors (Lipinski definition) is 4. The van der Waals surface area contributed by atoms with Crippen molar-refractivity contribution in [3.05, 3.63) is 53.1 Å². The molecule has 2 aromatic carbocycles. The fraction of sp³-hybridized carbons (Fsp3) is 0.292. The van der Waals surface area contributed by atoms with Gasteiger partial charge in [0.1, 0.15) is 5.69 Å². The van der Waals surface area contributed by atoms with Crippen molar-refractivity contribution in [1.29, 1.82) is 0 Å². The van der Waals surface area contributed by atoms with E-state index in [1.165, 1.54) is 12.1 Å². The second-order valence-corrected chi connectivity index (χ2v) is 8.77. The monoisotopic (exact) mass is 446 g/mol. The topological polar surface area (TPSA) is 113 Å². The highest BCUT2D eigenvalue weighted by molar-refractivity contribution is 5.94. The van der Waals surface area contributed by atoms with Crippen LogP contribution in [0.4, 0.5) is 9.18 Å². The number of H-pyrrole nitrogens is 1. The first kappa shape index (κ1) is 19.8. The van der Waals surface area contributed by atoms with Gasteiger partial charge in [-0.15, -0.1) is 0 Å². The molecule has 0 saturated heterocycles. The number of phenolic OH excluding ortho intramolecular Hbond substituents is 1. The van der Waals surface area contributed by atoms with E-state index in [1.807, 2.05) is 25.1 Å². The Bertz CT molecular complexity index is 1430. The van der Waals surface area contributed by atoms with Gasteiger partial charge >= 0.3 is 6.03 Å². The van der Waals surface area contributed by atoms with Crippen LogP contribution in [0.3, 0.4) is 0 Å². The van der Waals surface area contributed by atoms with Gasteiger partial charge in [-0.3, -0.25) is 5.10 Å². The zero-order valence-electron chi connectivity index (χ0n) is 18.1. The maximum atomic E-state index is 14.1. The van der Waals surface area contributed by atoms with Crippen molar-refractivity contribution in [2.75, 3.05) is 0 Å². The lowest BCUT2D eigenvalue weighted by Crippen LogP contribution is -2.31.